The summed E-state index contributed by atoms with van der Waals surface area (Å²) in [5, 5.41) is 1.92. The zero-order valence-corrected chi connectivity index (χ0v) is 20.5. The molecule has 2 aliphatic heterocycles. The van der Waals surface area contributed by atoms with Crippen molar-refractivity contribution in [3.8, 4) is 5.75 Å². The van der Waals surface area contributed by atoms with E-state index in [0.717, 1.165) is 21.2 Å². The van der Waals surface area contributed by atoms with E-state index in [1.165, 1.54) is 11.8 Å². The summed E-state index contributed by atoms with van der Waals surface area (Å²) in [6.07, 6.45) is 1.96. The number of methoxy groups -OCH3 is 1. The van der Waals surface area contributed by atoms with E-state index in [1.54, 1.807) is 14.0 Å². The summed E-state index contributed by atoms with van der Waals surface area (Å²) < 4.78 is 5.59. The van der Waals surface area contributed by atoms with E-state index in [-0.39, 0.29) is 28.8 Å². The molecular weight excluding hydrogens is 507 g/mol. The summed E-state index contributed by atoms with van der Waals surface area (Å²) in [6.45, 7) is 3.44. The van der Waals surface area contributed by atoms with Crippen molar-refractivity contribution in [2.45, 2.75) is 19.9 Å². The topological polar surface area (TPSA) is 41.9 Å². The molecule has 0 saturated carbocycles. The Morgan fingerprint density at radius 2 is 1.80 bits per heavy atom. The van der Waals surface area contributed by atoms with E-state index in [9.17, 15) is 4.79 Å². The predicted molar refractivity (Wildman–Crippen MR) is 131 cm³/mol. The monoisotopic (exact) mass is 524 g/mol. The van der Waals surface area contributed by atoms with Crippen molar-refractivity contribution in [3.63, 3.8) is 0 Å². The molecule has 0 aromatic heterocycles. The highest BCUT2D eigenvalue weighted by molar-refractivity contribution is 8.93. The van der Waals surface area contributed by atoms with Crippen LogP contribution < -0.4 is 4.74 Å². The lowest BCUT2D eigenvalue weighted by Crippen LogP contribution is -2.33. The fourth-order valence-electron chi connectivity index (χ4n) is 3.66. The molecule has 0 fully saturated rings. The van der Waals surface area contributed by atoms with Gasteiger partial charge in [-0.15, -0.1) is 17.0 Å². The van der Waals surface area contributed by atoms with Gasteiger partial charge in [-0.05, 0) is 43.8 Å². The molecule has 1 unspecified atom stereocenters. The maximum atomic E-state index is 12.6. The van der Waals surface area contributed by atoms with Crippen molar-refractivity contribution < 1.29 is 9.53 Å². The third-order valence-electron chi connectivity index (χ3n) is 4.91. The molecule has 156 valence electrons. The lowest BCUT2D eigenvalue weighted by molar-refractivity contribution is -0.114. The Morgan fingerprint density at radius 1 is 1.13 bits per heavy atom. The molecule has 4 rings (SSSR count). The van der Waals surface area contributed by atoms with Gasteiger partial charge in [0.1, 0.15) is 5.75 Å². The molecular formula is C22H19BrCl2N2O2S. The maximum Gasteiger partial charge on any atom is 0.173 e. The number of thioether (sulfide) groups is 1. The molecule has 8 heteroatoms. The van der Waals surface area contributed by atoms with E-state index in [0.29, 0.717) is 27.1 Å². The van der Waals surface area contributed by atoms with Gasteiger partial charge in [-0.3, -0.25) is 4.79 Å². The highest BCUT2D eigenvalue weighted by atomic mass is 79.9. The molecule has 30 heavy (non-hydrogen) atoms. The molecule has 4 nitrogen and oxygen atoms in total. The number of allylic oxidation sites excluding steroid dienone is 1. The second kappa shape index (κ2) is 9.18. The molecule has 0 amide bonds. The van der Waals surface area contributed by atoms with Crippen LogP contribution in [0.5, 0.6) is 5.75 Å². The van der Waals surface area contributed by atoms with Crippen LogP contribution in [0.25, 0.3) is 4.91 Å². The first-order valence-electron chi connectivity index (χ1n) is 8.98. The van der Waals surface area contributed by atoms with Crippen molar-refractivity contribution >= 4 is 67.8 Å². The van der Waals surface area contributed by atoms with Crippen molar-refractivity contribution in [3.05, 3.63) is 81.1 Å². The first kappa shape index (κ1) is 22.9. The first-order valence-corrected chi connectivity index (χ1v) is 10.5. The van der Waals surface area contributed by atoms with Gasteiger partial charge in [0.2, 0.25) is 0 Å². The number of Topliss-reactive ketones (excluding diaryl/α,β-unsaturated/α-hetero) is 1. The van der Waals surface area contributed by atoms with Crippen LogP contribution in [-0.4, -0.2) is 23.0 Å². The second-order valence-electron chi connectivity index (χ2n) is 6.69. The Kier molecular flexibility index (Phi) is 7.02. The summed E-state index contributed by atoms with van der Waals surface area (Å²) in [5.74, 6) is 0.691. The molecule has 1 atom stereocenters. The van der Waals surface area contributed by atoms with Crippen LogP contribution in [0.4, 0.5) is 0 Å². The van der Waals surface area contributed by atoms with Crippen LogP contribution >= 0.6 is 51.9 Å². The van der Waals surface area contributed by atoms with Crippen LogP contribution in [0, 0.1) is 0 Å². The van der Waals surface area contributed by atoms with Gasteiger partial charge in [0.25, 0.3) is 0 Å². The van der Waals surface area contributed by atoms with E-state index in [2.05, 4.69) is 0 Å². The van der Waals surface area contributed by atoms with Crippen molar-refractivity contribution in [1.29, 1.82) is 0 Å². The molecule has 0 spiro atoms. The number of hydrogen-bond donors (Lipinski definition) is 0. The van der Waals surface area contributed by atoms with E-state index >= 15 is 0 Å². The molecule has 0 bridgehead atoms. The number of hydrogen-bond acceptors (Lipinski definition) is 5. The van der Waals surface area contributed by atoms with Gasteiger partial charge < -0.3 is 9.64 Å². The number of halogens is 3. The zero-order valence-electron chi connectivity index (χ0n) is 16.5. The van der Waals surface area contributed by atoms with Gasteiger partial charge in [-0.2, -0.15) is 0 Å². The fourth-order valence-corrected chi connectivity index (χ4v) is 5.50. The van der Waals surface area contributed by atoms with Crippen LogP contribution in [-0.2, 0) is 4.79 Å². The summed E-state index contributed by atoms with van der Waals surface area (Å²) in [5.41, 5.74) is 3.00. The smallest absolute Gasteiger partial charge is 0.173 e. The minimum Gasteiger partial charge on any atom is -0.496 e. The number of para-hydroxylation sites is 1. The Bertz CT molecular complexity index is 1090. The average Bonchev–Trinajstić information content (AvgIpc) is 3.09. The Morgan fingerprint density at radius 3 is 2.43 bits per heavy atom. The van der Waals surface area contributed by atoms with Crippen LogP contribution in [0.3, 0.4) is 0 Å². The number of fused-ring (bicyclic) bond motifs is 1. The summed E-state index contributed by atoms with van der Waals surface area (Å²) in [6, 6.07) is 12.8. The van der Waals surface area contributed by atoms with Crippen LogP contribution in [0.1, 0.15) is 31.0 Å². The molecule has 2 heterocycles. The highest BCUT2D eigenvalue weighted by Gasteiger charge is 2.39. The molecule has 0 radical (unpaired) electrons. The Hall–Kier alpha value is -1.73. The molecule has 2 aliphatic rings. The molecule has 2 aromatic rings. The quantitative estimate of drug-likeness (QED) is 0.435. The standard InChI is InChI=1S/C22H18Cl2N2O2S.BrH/c1-12-19(13(2)27)21(14-7-4-5-10-17(14)28-3)26-11-18(29-22(26)25-12)20-15(23)8-6-9-16(20)24;/h4-11,21H,1-3H3;1H. The molecule has 0 saturated heterocycles. The number of amidine groups is 1. The SMILES string of the molecule is Br.COc1ccccc1C1C(C(C)=O)=C(C)N=C2SC(c3c(Cl)cccc3Cl)=CN21. The molecule has 0 N–H and O–H groups in total. The number of rotatable bonds is 4. The minimum atomic E-state index is -0.345. The van der Waals surface area contributed by atoms with Crippen molar-refractivity contribution in [1.82, 2.24) is 4.90 Å². The lowest BCUT2D eigenvalue weighted by Gasteiger charge is -2.34. The second-order valence-corrected chi connectivity index (χ2v) is 8.52. The normalized spacial score (nSPS) is 17.8. The summed E-state index contributed by atoms with van der Waals surface area (Å²) in [4.78, 5) is 20.2. The van der Waals surface area contributed by atoms with Crippen molar-refractivity contribution in [2.75, 3.05) is 7.11 Å². The largest absolute Gasteiger partial charge is 0.496 e. The zero-order chi connectivity index (χ0) is 20.7. The number of carbonyl (C=O) groups excluding carboxylic acids is 1. The number of ketones is 1. The summed E-state index contributed by atoms with van der Waals surface area (Å²) >= 11 is 14.4. The average molecular weight is 526 g/mol. The third-order valence-corrected chi connectivity index (χ3v) is 6.55. The van der Waals surface area contributed by atoms with E-state index in [1.807, 2.05) is 60.5 Å². The minimum absolute atomic E-state index is 0. The first-order chi connectivity index (χ1) is 13.9. The summed E-state index contributed by atoms with van der Waals surface area (Å²) in [7, 11) is 1.63. The Labute approximate surface area is 200 Å². The molecule has 0 aliphatic carbocycles. The van der Waals surface area contributed by atoms with E-state index < -0.39 is 0 Å². The van der Waals surface area contributed by atoms with Crippen LogP contribution in [0.15, 0.2) is 64.9 Å². The maximum absolute atomic E-state index is 12.6. The number of carbonyl (C=O) groups is 1. The number of benzene rings is 2. The number of ether oxygens (including phenoxy) is 1. The van der Waals surface area contributed by atoms with Crippen LogP contribution in [0.2, 0.25) is 10.0 Å². The highest BCUT2D eigenvalue weighted by Crippen LogP contribution is 2.49. The molecule has 2 aromatic carbocycles. The van der Waals surface area contributed by atoms with Crippen molar-refractivity contribution in [2.24, 2.45) is 4.99 Å². The van der Waals surface area contributed by atoms with E-state index in [4.69, 9.17) is 32.9 Å². The van der Waals surface area contributed by atoms with Gasteiger partial charge >= 0.3 is 0 Å². The lowest BCUT2D eigenvalue weighted by atomic mass is 9.91. The Balaban J connectivity index is 0.00000256. The van der Waals surface area contributed by atoms with Gasteiger partial charge in [0, 0.05) is 33.5 Å². The van der Waals surface area contributed by atoms with Gasteiger partial charge in [-0.1, -0.05) is 47.5 Å². The number of nitrogens with zero attached hydrogens (tertiary/aromatic N) is 2. The van der Waals surface area contributed by atoms with Gasteiger partial charge in [0.05, 0.1) is 23.2 Å². The third kappa shape index (κ3) is 3.94. The van der Waals surface area contributed by atoms with Gasteiger partial charge in [-0.25, -0.2) is 4.99 Å². The number of aliphatic imine (C=N–C) groups is 1. The predicted octanol–water partition coefficient (Wildman–Crippen LogP) is 6.90. The fraction of sp³-hybridized carbons (Fsp3) is 0.182. The van der Waals surface area contributed by atoms with Gasteiger partial charge in [0.15, 0.2) is 11.0 Å².